The molecule has 5 heteroatoms. The minimum Gasteiger partial charge on any atom is -0.397 e. The van der Waals surface area contributed by atoms with Gasteiger partial charge in [0.15, 0.2) is 0 Å². The van der Waals surface area contributed by atoms with Gasteiger partial charge in [-0.1, -0.05) is 0 Å². The maximum absolute atomic E-state index is 6.05. The first-order valence-electron chi connectivity index (χ1n) is 3.46. The quantitative estimate of drug-likeness (QED) is 0.428. The van der Waals surface area contributed by atoms with Crippen LogP contribution in [0, 0.1) is 0 Å². The van der Waals surface area contributed by atoms with E-state index >= 15 is 0 Å². The van der Waals surface area contributed by atoms with Crippen LogP contribution in [-0.4, -0.2) is 33.5 Å². The van der Waals surface area contributed by atoms with Crippen LogP contribution in [0.4, 0.5) is 0 Å². The highest BCUT2D eigenvalue weighted by Gasteiger charge is 2.37. The molecular formula is C6H15ClO2SSi. The van der Waals surface area contributed by atoms with Crippen molar-refractivity contribution in [1.29, 1.82) is 0 Å². The molecule has 0 aromatic rings. The topological polar surface area (TPSA) is 18.5 Å². The Morgan fingerprint density at radius 3 is 2.18 bits per heavy atom. The number of thiol groups is 1. The van der Waals surface area contributed by atoms with Crippen molar-refractivity contribution in [3.05, 3.63) is 0 Å². The van der Waals surface area contributed by atoms with Gasteiger partial charge in [0.05, 0.1) is 5.00 Å². The lowest BCUT2D eigenvalue weighted by Gasteiger charge is -2.27. The molecule has 0 aromatic heterocycles. The molecule has 0 rings (SSSR count). The molecule has 0 spiro atoms. The monoisotopic (exact) mass is 214 g/mol. The second-order valence-electron chi connectivity index (χ2n) is 2.40. The summed E-state index contributed by atoms with van der Waals surface area (Å²) >= 11 is 10.1. The second-order valence-corrected chi connectivity index (χ2v) is 7.29. The van der Waals surface area contributed by atoms with Crippen LogP contribution in [0.1, 0.15) is 6.42 Å². The lowest BCUT2D eigenvalue weighted by molar-refractivity contribution is 0.246. The smallest absolute Gasteiger partial charge is 0.352 e. The van der Waals surface area contributed by atoms with Crippen molar-refractivity contribution < 1.29 is 8.85 Å². The van der Waals surface area contributed by atoms with Crippen LogP contribution in [0.5, 0.6) is 0 Å². The SMILES string of the molecule is CO[Si](C)(OC)C(Cl)CCS. The van der Waals surface area contributed by atoms with E-state index in [0.717, 1.165) is 12.2 Å². The fourth-order valence-electron chi connectivity index (χ4n) is 0.715. The van der Waals surface area contributed by atoms with Gasteiger partial charge in [-0.25, -0.2) is 0 Å². The Morgan fingerprint density at radius 2 is 1.91 bits per heavy atom. The van der Waals surface area contributed by atoms with Crippen molar-refractivity contribution in [3.63, 3.8) is 0 Å². The van der Waals surface area contributed by atoms with Crippen molar-refractivity contribution in [2.45, 2.75) is 18.0 Å². The first-order valence-corrected chi connectivity index (χ1v) is 6.92. The van der Waals surface area contributed by atoms with Crippen LogP contribution in [0.3, 0.4) is 0 Å². The largest absolute Gasteiger partial charge is 0.397 e. The molecule has 0 bridgehead atoms. The van der Waals surface area contributed by atoms with Crippen molar-refractivity contribution in [2.24, 2.45) is 0 Å². The minimum atomic E-state index is -2.11. The summed E-state index contributed by atoms with van der Waals surface area (Å²) in [4.78, 5) is 0. The molecule has 0 aliphatic carbocycles. The number of rotatable bonds is 5. The minimum absolute atomic E-state index is 0.0185. The molecule has 1 atom stereocenters. The molecule has 0 amide bonds. The average molecular weight is 215 g/mol. The highest BCUT2D eigenvalue weighted by Crippen LogP contribution is 2.19. The molecule has 0 N–H and O–H groups in total. The molecule has 0 heterocycles. The van der Waals surface area contributed by atoms with E-state index in [9.17, 15) is 0 Å². The van der Waals surface area contributed by atoms with Crippen molar-refractivity contribution >= 4 is 32.8 Å². The zero-order valence-electron chi connectivity index (χ0n) is 7.13. The van der Waals surface area contributed by atoms with Crippen molar-refractivity contribution in [2.75, 3.05) is 20.0 Å². The first kappa shape index (κ1) is 11.8. The maximum atomic E-state index is 6.05. The van der Waals surface area contributed by atoms with E-state index in [1.54, 1.807) is 14.2 Å². The Kier molecular flexibility index (Phi) is 5.81. The molecule has 0 fully saturated rings. The summed E-state index contributed by atoms with van der Waals surface area (Å²) in [5.74, 6) is 0.767. The van der Waals surface area contributed by atoms with E-state index in [-0.39, 0.29) is 5.00 Å². The Bertz CT molecular complexity index is 111. The summed E-state index contributed by atoms with van der Waals surface area (Å²) in [6.45, 7) is 1.95. The molecule has 0 saturated heterocycles. The van der Waals surface area contributed by atoms with E-state index in [4.69, 9.17) is 20.5 Å². The summed E-state index contributed by atoms with van der Waals surface area (Å²) in [6.07, 6.45) is 0.828. The summed E-state index contributed by atoms with van der Waals surface area (Å²) in [6, 6.07) is 0. The number of halogens is 1. The number of hydrogen-bond donors (Lipinski definition) is 1. The van der Waals surface area contributed by atoms with Gasteiger partial charge in [-0.05, 0) is 18.7 Å². The molecular weight excluding hydrogens is 200 g/mol. The van der Waals surface area contributed by atoms with Crippen molar-refractivity contribution in [3.8, 4) is 0 Å². The van der Waals surface area contributed by atoms with E-state index < -0.39 is 8.56 Å². The van der Waals surface area contributed by atoms with Gasteiger partial charge in [0.2, 0.25) is 0 Å². The van der Waals surface area contributed by atoms with Crippen LogP contribution in [0.15, 0.2) is 0 Å². The average Bonchev–Trinajstić information content (AvgIpc) is 2.03. The predicted molar refractivity (Wildman–Crippen MR) is 53.7 cm³/mol. The number of alkyl halides is 1. The third kappa shape index (κ3) is 3.34. The van der Waals surface area contributed by atoms with Gasteiger partial charge in [0.25, 0.3) is 0 Å². The fourth-order valence-corrected chi connectivity index (χ4v) is 3.36. The van der Waals surface area contributed by atoms with Crippen LogP contribution in [0.25, 0.3) is 0 Å². The Balaban J connectivity index is 4.00. The first-order chi connectivity index (χ1) is 5.10. The highest BCUT2D eigenvalue weighted by atomic mass is 35.5. The van der Waals surface area contributed by atoms with Gasteiger partial charge >= 0.3 is 8.56 Å². The Labute approximate surface area is 79.9 Å². The molecule has 68 valence electrons. The van der Waals surface area contributed by atoms with Crippen LogP contribution in [0.2, 0.25) is 6.55 Å². The third-order valence-electron chi connectivity index (χ3n) is 1.76. The fraction of sp³-hybridized carbons (Fsp3) is 1.00. The van der Waals surface area contributed by atoms with Gasteiger partial charge in [0.1, 0.15) is 0 Å². The molecule has 0 aliphatic rings. The summed E-state index contributed by atoms with van der Waals surface area (Å²) in [5.41, 5.74) is 0. The van der Waals surface area contributed by atoms with Crippen molar-refractivity contribution in [1.82, 2.24) is 0 Å². The van der Waals surface area contributed by atoms with Gasteiger partial charge in [-0.2, -0.15) is 12.6 Å². The molecule has 11 heavy (non-hydrogen) atoms. The summed E-state index contributed by atoms with van der Waals surface area (Å²) in [7, 11) is 1.18. The predicted octanol–water partition coefficient (Wildman–Crippen LogP) is 1.82. The summed E-state index contributed by atoms with van der Waals surface area (Å²) in [5, 5.41) is -0.0185. The second kappa shape index (κ2) is 5.43. The third-order valence-corrected chi connectivity index (χ3v) is 6.48. The lowest BCUT2D eigenvalue weighted by Crippen LogP contribution is -2.46. The van der Waals surface area contributed by atoms with Gasteiger partial charge in [0, 0.05) is 14.2 Å². The summed E-state index contributed by atoms with van der Waals surface area (Å²) < 4.78 is 10.5. The lowest BCUT2D eigenvalue weighted by atomic mass is 10.6. The Hall–Kier alpha value is 0.777. The molecule has 0 saturated carbocycles. The molecule has 2 nitrogen and oxygen atoms in total. The zero-order valence-corrected chi connectivity index (χ0v) is 9.78. The van der Waals surface area contributed by atoms with Gasteiger partial charge in [-0.15, -0.1) is 11.6 Å². The van der Waals surface area contributed by atoms with Crippen LogP contribution >= 0.6 is 24.2 Å². The molecule has 1 unspecified atom stereocenters. The maximum Gasteiger partial charge on any atom is 0.352 e. The van der Waals surface area contributed by atoms with Gasteiger partial charge < -0.3 is 8.85 Å². The standard InChI is InChI=1S/C6H15ClO2SSi/c1-8-11(3,9-2)6(7)4-5-10/h6,10H,4-5H2,1-3H3. The van der Waals surface area contributed by atoms with E-state index in [2.05, 4.69) is 12.6 Å². The van der Waals surface area contributed by atoms with Crippen LogP contribution in [-0.2, 0) is 8.85 Å². The van der Waals surface area contributed by atoms with E-state index in [1.165, 1.54) is 0 Å². The number of hydrogen-bond acceptors (Lipinski definition) is 3. The molecule has 0 radical (unpaired) electrons. The normalized spacial score (nSPS) is 15.0. The van der Waals surface area contributed by atoms with Gasteiger partial charge in [-0.3, -0.25) is 0 Å². The molecule has 0 aromatic carbocycles. The highest BCUT2D eigenvalue weighted by molar-refractivity contribution is 7.80. The van der Waals surface area contributed by atoms with E-state index in [1.807, 2.05) is 6.55 Å². The molecule has 0 aliphatic heterocycles. The van der Waals surface area contributed by atoms with E-state index in [0.29, 0.717) is 0 Å². The van der Waals surface area contributed by atoms with Crippen LogP contribution < -0.4 is 0 Å². The zero-order chi connectivity index (χ0) is 8.91. The Morgan fingerprint density at radius 1 is 1.45 bits per heavy atom.